The van der Waals surface area contributed by atoms with Crippen LogP contribution in [0.15, 0.2) is 47.5 Å². The van der Waals surface area contributed by atoms with Crippen LogP contribution in [0.25, 0.3) is 10.9 Å². The molecule has 0 saturated heterocycles. The number of carbonyl (C=O) groups excluding carboxylic acids is 1. The first kappa shape index (κ1) is 14.4. The molecule has 2 aromatic carbocycles. The first-order chi connectivity index (χ1) is 11.1. The van der Waals surface area contributed by atoms with E-state index in [-0.39, 0.29) is 22.2 Å². The van der Waals surface area contributed by atoms with E-state index < -0.39 is 17.3 Å². The number of fused-ring (bicyclic) bond motifs is 1. The molecular formula is C16H9FN4O2. The summed E-state index contributed by atoms with van der Waals surface area (Å²) >= 11 is 0. The number of H-pyrrole nitrogens is 1. The molecule has 3 aromatic rings. The van der Waals surface area contributed by atoms with Crippen LogP contribution in [-0.4, -0.2) is 15.9 Å². The molecule has 7 heteroatoms. The lowest BCUT2D eigenvalue weighted by Crippen LogP contribution is -2.14. The van der Waals surface area contributed by atoms with Gasteiger partial charge in [0, 0.05) is 11.6 Å². The molecule has 0 unspecified atom stereocenters. The van der Waals surface area contributed by atoms with Crippen LogP contribution in [0.2, 0.25) is 0 Å². The van der Waals surface area contributed by atoms with Gasteiger partial charge >= 0.3 is 0 Å². The van der Waals surface area contributed by atoms with Crippen molar-refractivity contribution in [2.45, 2.75) is 0 Å². The second-order valence-electron chi connectivity index (χ2n) is 4.73. The Kier molecular flexibility index (Phi) is 3.57. The minimum absolute atomic E-state index is 0.136. The fourth-order valence-corrected chi connectivity index (χ4v) is 2.11. The van der Waals surface area contributed by atoms with Gasteiger partial charge in [-0.1, -0.05) is 6.07 Å². The summed E-state index contributed by atoms with van der Waals surface area (Å²) < 4.78 is 14.1. The van der Waals surface area contributed by atoms with Gasteiger partial charge in [-0.2, -0.15) is 5.26 Å². The zero-order valence-corrected chi connectivity index (χ0v) is 11.6. The van der Waals surface area contributed by atoms with Gasteiger partial charge in [0.05, 0.1) is 34.6 Å². The van der Waals surface area contributed by atoms with Gasteiger partial charge in [-0.25, -0.2) is 9.37 Å². The van der Waals surface area contributed by atoms with Gasteiger partial charge in [0.25, 0.3) is 11.5 Å². The van der Waals surface area contributed by atoms with E-state index in [1.165, 1.54) is 24.5 Å². The molecule has 0 saturated carbocycles. The number of amides is 1. The largest absolute Gasteiger partial charge is 0.319 e. The summed E-state index contributed by atoms with van der Waals surface area (Å²) in [5.74, 6) is -1.29. The molecule has 2 N–H and O–H groups in total. The van der Waals surface area contributed by atoms with Crippen LogP contribution in [0.4, 0.5) is 10.1 Å². The number of hydrogen-bond acceptors (Lipinski definition) is 4. The van der Waals surface area contributed by atoms with Crippen LogP contribution < -0.4 is 10.9 Å². The predicted octanol–water partition coefficient (Wildman–Crippen LogP) is 2.19. The Morgan fingerprint density at radius 1 is 1.30 bits per heavy atom. The molecule has 0 radical (unpaired) electrons. The highest BCUT2D eigenvalue weighted by atomic mass is 19.1. The van der Waals surface area contributed by atoms with E-state index in [2.05, 4.69) is 15.3 Å². The number of hydrogen-bond donors (Lipinski definition) is 2. The van der Waals surface area contributed by atoms with Crippen LogP contribution >= 0.6 is 0 Å². The Balaban J connectivity index is 1.99. The summed E-state index contributed by atoms with van der Waals surface area (Å²) in [6, 6.07) is 10.2. The highest BCUT2D eigenvalue weighted by Crippen LogP contribution is 2.20. The normalized spacial score (nSPS) is 10.3. The molecule has 23 heavy (non-hydrogen) atoms. The number of halogens is 1. The summed E-state index contributed by atoms with van der Waals surface area (Å²) in [6.07, 6.45) is 1.18. The number of benzene rings is 2. The van der Waals surface area contributed by atoms with Crippen molar-refractivity contribution in [1.29, 1.82) is 5.26 Å². The van der Waals surface area contributed by atoms with Crippen LogP contribution in [0.5, 0.6) is 0 Å². The van der Waals surface area contributed by atoms with Gasteiger partial charge in [-0.05, 0) is 24.3 Å². The molecule has 0 aliphatic carbocycles. The monoisotopic (exact) mass is 308 g/mol. The topological polar surface area (TPSA) is 98.6 Å². The van der Waals surface area contributed by atoms with Crippen molar-refractivity contribution < 1.29 is 9.18 Å². The Morgan fingerprint density at radius 2 is 2.13 bits per heavy atom. The van der Waals surface area contributed by atoms with Gasteiger partial charge in [0.15, 0.2) is 0 Å². The molecule has 0 bridgehead atoms. The molecule has 0 aliphatic heterocycles. The number of nitrogens with one attached hydrogen (secondary N) is 2. The number of nitriles is 1. The molecule has 0 spiro atoms. The average Bonchev–Trinajstić information content (AvgIpc) is 2.56. The van der Waals surface area contributed by atoms with Crippen molar-refractivity contribution in [3.63, 3.8) is 0 Å². The number of rotatable bonds is 2. The van der Waals surface area contributed by atoms with Gasteiger partial charge in [0.1, 0.15) is 5.82 Å². The first-order valence-corrected chi connectivity index (χ1v) is 6.57. The standard InChI is InChI=1S/C16H9FN4O2/c17-12-6-13-11(16(23)20-8-19-13)5-14(12)21-15(22)10-3-1-2-9(4-10)7-18/h1-6,8H,(H,21,22)(H,19,20,23). The Bertz CT molecular complexity index is 1020. The Morgan fingerprint density at radius 3 is 2.91 bits per heavy atom. The first-order valence-electron chi connectivity index (χ1n) is 6.57. The van der Waals surface area contributed by atoms with Gasteiger partial charge in [-0.15, -0.1) is 0 Å². The molecule has 1 aromatic heterocycles. The number of nitrogens with zero attached hydrogens (tertiary/aromatic N) is 2. The summed E-state index contributed by atoms with van der Waals surface area (Å²) in [6.45, 7) is 0. The van der Waals surface area contributed by atoms with E-state index in [1.807, 2.05) is 6.07 Å². The second-order valence-corrected chi connectivity index (χ2v) is 4.73. The Labute approximate surface area is 129 Å². The second kappa shape index (κ2) is 5.69. The van der Waals surface area contributed by atoms with E-state index in [9.17, 15) is 14.0 Å². The highest BCUT2D eigenvalue weighted by molar-refractivity contribution is 6.05. The van der Waals surface area contributed by atoms with Crippen LogP contribution in [0.3, 0.4) is 0 Å². The van der Waals surface area contributed by atoms with Crippen LogP contribution in [-0.2, 0) is 0 Å². The third-order valence-corrected chi connectivity index (χ3v) is 3.23. The van der Waals surface area contributed by atoms with Crippen molar-refractivity contribution in [3.8, 4) is 6.07 Å². The smallest absolute Gasteiger partial charge is 0.258 e. The lowest BCUT2D eigenvalue weighted by Gasteiger charge is -2.07. The number of aromatic nitrogens is 2. The maximum absolute atomic E-state index is 14.1. The third-order valence-electron chi connectivity index (χ3n) is 3.23. The maximum Gasteiger partial charge on any atom is 0.258 e. The summed E-state index contributed by atoms with van der Waals surface area (Å²) in [5.41, 5.74) is 0.150. The quantitative estimate of drug-likeness (QED) is 0.758. The molecule has 0 atom stereocenters. The summed E-state index contributed by atoms with van der Waals surface area (Å²) in [5, 5.41) is 11.4. The fraction of sp³-hybridized carbons (Fsp3) is 0. The van der Waals surface area contributed by atoms with E-state index in [1.54, 1.807) is 12.1 Å². The van der Waals surface area contributed by atoms with Gasteiger partial charge in [0.2, 0.25) is 0 Å². The maximum atomic E-state index is 14.1. The third kappa shape index (κ3) is 2.78. The van der Waals surface area contributed by atoms with Crippen LogP contribution in [0, 0.1) is 17.1 Å². The number of aromatic amines is 1. The van der Waals surface area contributed by atoms with Crippen molar-refractivity contribution in [3.05, 3.63) is 70.0 Å². The zero-order valence-electron chi connectivity index (χ0n) is 11.6. The van der Waals surface area contributed by atoms with Crippen molar-refractivity contribution >= 4 is 22.5 Å². The van der Waals surface area contributed by atoms with E-state index in [0.29, 0.717) is 5.56 Å². The minimum Gasteiger partial charge on any atom is -0.319 e. The molecule has 1 heterocycles. The Hall–Kier alpha value is -3.53. The van der Waals surface area contributed by atoms with Gasteiger partial charge in [-0.3, -0.25) is 9.59 Å². The number of anilines is 1. The lowest BCUT2D eigenvalue weighted by molar-refractivity contribution is 0.102. The molecule has 0 fully saturated rings. The predicted molar refractivity (Wildman–Crippen MR) is 81.4 cm³/mol. The minimum atomic E-state index is -0.708. The van der Waals surface area contributed by atoms with Crippen molar-refractivity contribution in [2.75, 3.05) is 5.32 Å². The van der Waals surface area contributed by atoms with E-state index >= 15 is 0 Å². The molecule has 1 amide bonds. The van der Waals surface area contributed by atoms with E-state index in [0.717, 1.165) is 6.07 Å². The van der Waals surface area contributed by atoms with Gasteiger partial charge < -0.3 is 10.3 Å². The van der Waals surface area contributed by atoms with E-state index in [4.69, 9.17) is 5.26 Å². The molecular weight excluding hydrogens is 299 g/mol. The number of carbonyl (C=O) groups is 1. The molecule has 6 nitrogen and oxygen atoms in total. The van der Waals surface area contributed by atoms with Crippen molar-refractivity contribution in [2.24, 2.45) is 0 Å². The van der Waals surface area contributed by atoms with Crippen LogP contribution in [0.1, 0.15) is 15.9 Å². The average molecular weight is 308 g/mol. The molecule has 112 valence electrons. The summed E-state index contributed by atoms with van der Waals surface area (Å²) in [4.78, 5) is 30.1. The fourth-order valence-electron chi connectivity index (χ4n) is 2.11. The molecule has 3 rings (SSSR count). The lowest BCUT2D eigenvalue weighted by atomic mass is 10.1. The van der Waals surface area contributed by atoms with Crippen molar-refractivity contribution in [1.82, 2.24) is 9.97 Å². The zero-order chi connectivity index (χ0) is 16.4. The SMILES string of the molecule is N#Cc1cccc(C(=O)Nc2cc3c(=O)[nH]cnc3cc2F)c1. The molecule has 0 aliphatic rings. The highest BCUT2D eigenvalue weighted by Gasteiger charge is 2.12. The summed E-state index contributed by atoms with van der Waals surface area (Å²) in [7, 11) is 0.